The van der Waals surface area contributed by atoms with Crippen LogP contribution in [0.2, 0.25) is 0 Å². The predicted molar refractivity (Wildman–Crippen MR) is 125 cm³/mol. The number of aryl methyl sites for hydroxylation is 3. The number of anilines is 2. The van der Waals surface area contributed by atoms with E-state index in [0.717, 1.165) is 46.6 Å². The average molecular weight is 470 g/mol. The summed E-state index contributed by atoms with van der Waals surface area (Å²) in [6.07, 6.45) is 0. The van der Waals surface area contributed by atoms with Gasteiger partial charge in [-0.3, -0.25) is 14.3 Å². The maximum absolute atomic E-state index is 13.0. The maximum atomic E-state index is 13.0. The molecule has 0 aliphatic carbocycles. The Hall–Kier alpha value is -3.72. The van der Waals surface area contributed by atoms with E-state index in [0.29, 0.717) is 0 Å². The van der Waals surface area contributed by atoms with Gasteiger partial charge in [0, 0.05) is 16.9 Å². The van der Waals surface area contributed by atoms with E-state index in [1.165, 1.54) is 24.3 Å². The smallest absolute Gasteiger partial charge is 0.261 e. The highest BCUT2D eigenvalue weighted by Crippen LogP contribution is 2.22. The molecule has 0 aliphatic rings. The lowest BCUT2D eigenvalue weighted by molar-refractivity contribution is -0.115. The summed E-state index contributed by atoms with van der Waals surface area (Å²) in [5.41, 5.74) is 4.18. The largest absolute Gasteiger partial charge is 0.343 e. The van der Waals surface area contributed by atoms with Crippen molar-refractivity contribution in [1.82, 2.24) is 5.32 Å². The molecule has 0 aromatic heterocycles. The highest BCUT2D eigenvalue weighted by Gasteiger charge is 2.15. The zero-order chi connectivity index (χ0) is 24.2. The Morgan fingerprint density at radius 1 is 0.879 bits per heavy atom. The number of rotatable bonds is 7. The maximum Gasteiger partial charge on any atom is 0.261 e. The van der Waals surface area contributed by atoms with Gasteiger partial charge in [0.2, 0.25) is 5.91 Å². The van der Waals surface area contributed by atoms with Crippen molar-refractivity contribution in [3.63, 3.8) is 0 Å². The quantitative estimate of drug-likeness (QED) is 0.488. The van der Waals surface area contributed by atoms with Crippen molar-refractivity contribution < 1.29 is 22.4 Å². The molecule has 3 aromatic carbocycles. The molecule has 0 bridgehead atoms. The monoisotopic (exact) mass is 469 g/mol. The average Bonchev–Trinajstić information content (AvgIpc) is 2.75. The molecule has 3 aromatic rings. The van der Waals surface area contributed by atoms with Crippen molar-refractivity contribution >= 4 is 33.2 Å². The summed E-state index contributed by atoms with van der Waals surface area (Å²) >= 11 is 0. The first-order valence-electron chi connectivity index (χ1n) is 10.1. The number of sulfonamides is 1. The minimum Gasteiger partial charge on any atom is -0.343 e. The van der Waals surface area contributed by atoms with E-state index in [1.807, 2.05) is 32.9 Å². The molecule has 9 heteroatoms. The van der Waals surface area contributed by atoms with Gasteiger partial charge in [-0.15, -0.1) is 0 Å². The first-order valence-corrected chi connectivity index (χ1v) is 11.6. The predicted octanol–water partition coefficient (Wildman–Crippen LogP) is 3.92. The van der Waals surface area contributed by atoms with Gasteiger partial charge in [-0.1, -0.05) is 17.7 Å². The number of benzene rings is 3. The van der Waals surface area contributed by atoms with Crippen molar-refractivity contribution in [2.24, 2.45) is 0 Å². The molecule has 3 rings (SSSR count). The number of hydrogen-bond acceptors (Lipinski definition) is 4. The lowest BCUT2D eigenvalue weighted by atomic mass is 10.1. The van der Waals surface area contributed by atoms with Gasteiger partial charge in [0.05, 0.1) is 11.4 Å². The Balaban J connectivity index is 1.58. The third-order valence-electron chi connectivity index (χ3n) is 4.87. The summed E-state index contributed by atoms with van der Waals surface area (Å²) < 4.78 is 40.1. The molecule has 0 aliphatic heterocycles. The van der Waals surface area contributed by atoms with Crippen LogP contribution in [0.25, 0.3) is 0 Å². The molecule has 7 nitrogen and oxygen atoms in total. The van der Waals surface area contributed by atoms with E-state index in [1.54, 1.807) is 0 Å². The number of carbonyl (C=O) groups excluding carboxylic acids is 2. The summed E-state index contributed by atoms with van der Waals surface area (Å²) in [6.45, 7) is 5.56. The van der Waals surface area contributed by atoms with Crippen LogP contribution in [0.1, 0.15) is 27.0 Å². The van der Waals surface area contributed by atoms with E-state index in [2.05, 4.69) is 15.4 Å². The standard InChI is InChI=1S/C24H24FN3O4S/c1-15-12-16(2)23(17(3)13-15)27-22(29)14-26-24(30)18-4-8-20(9-5-18)28-33(31,32)21-10-6-19(25)7-11-21/h4-13,28H,14H2,1-3H3,(H,26,30)(H,27,29). The van der Waals surface area contributed by atoms with Gasteiger partial charge < -0.3 is 10.6 Å². The van der Waals surface area contributed by atoms with Crippen LogP contribution in [0.5, 0.6) is 0 Å². The number of amides is 2. The van der Waals surface area contributed by atoms with Gasteiger partial charge in [-0.2, -0.15) is 0 Å². The fourth-order valence-electron chi connectivity index (χ4n) is 3.34. The zero-order valence-electron chi connectivity index (χ0n) is 18.4. The molecule has 2 amide bonds. The summed E-state index contributed by atoms with van der Waals surface area (Å²) in [4.78, 5) is 24.6. The van der Waals surface area contributed by atoms with Crippen LogP contribution >= 0.6 is 0 Å². The Morgan fingerprint density at radius 2 is 1.45 bits per heavy atom. The van der Waals surface area contributed by atoms with Crippen molar-refractivity contribution in [2.45, 2.75) is 25.7 Å². The number of halogens is 1. The highest BCUT2D eigenvalue weighted by atomic mass is 32.2. The van der Waals surface area contributed by atoms with Gasteiger partial charge in [-0.25, -0.2) is 12.8 Å². The third kappa shape index (κ3) is 6.17. The fraction of sp³-hybridized carbons (Fsp3) is 0.167. The Labute approximate surface area is 192 Å². The molecule has 0 heterocycles. The van der Waals surface area contributed by atoms with Crippen LogP contribution in [0, 0.1) is 26.6 Å². The molecule has 172 valence electrons. The van der Waals surface area contributed by atoms with Crippen LogP contribution in [-0.2, 0) is 14.8 Å². The second kappa shape index (κ2) is 9.83. The molecular weight excluding hydrogens is 445 g/mol. The third-order valence-corrected chi connectivity index (χ3v) is 6.27. The minimum absolute atomic E-state index is 0.0872. The van der Waals surface area contributed by atoms with Crippen molar-refractivity contribution in [1.29, 1.82) is 0 Å². The summed E-state index contributed by atoms with van der Waals surface area (Å²) in [7, 11) is -3.89. The van der Waals surface area contributed by atoms with Crippen molar-refractivity contribution in [3.8, 4) is 0 Å². The highest BCUT2D eigenvalue weighted by molar-refractivity contribution is 7.92. The molecule has 0 fully saturated rings. The van der Waals surface area contributed by atoms with E-state index < -0.39 is 21.7 Å². The lowest BCUT2D eigenvalue weighted by Gasteiger charge is -2.13. The van der Waals surface area contributed by atoms with Crippen LogP contribution in [0.4, 0.5) is 15.8 Å². The van der Waals surface area contributed by atoms with Crippen molar-refractivity contribution in [3.05, 3.63) is 88.7 Å². The van der Waals surface area contributed by atoms with E-state index in [-0.39, 0.29) is 28.6 Å². The normalized spacial score (nSPS) is 11.0. The molecule has 0 radical (unpaired) electrons. The van der Waals surface area contributed by atoms with Gasteiger partial charge >= 0.3 is 0 Å². The second-order valence-corrected chi connectivity index (χ2v) is 9.32. The van der Waals surface area contributed by atoms with Gasteiger partial charge in [0.1, 0.15) is 5.82 Å². The number of hydrogen-bond donors (Lipinski definition) is 3. The molecule has 0 saturated carbocycles. The lowest BCUT2D eigenvalue weighted by Crippen LogP contribution is -2.33. The Morgan fingerprint density at radius 3 is 2.03 bits per heavy atom. The summed E-state index contributed by atoms with van der Waals surface area (Å²) in [5, 5.41) is 5.36. The zero-order valence-corrected chi connectivity index (χ0v) is 19.2. The van der Waals surface area contributed by atoms with E-state index in [9.17, 15) is 22.4 Å². The van der Waals surface area contributed by atoms with Crippen LogP contribution in [-0.4, -0.2) is 26.8 Å². The Kier molecular flexibility index (Phi) is 7.13. The number of nitrogens with one attached hydrogen (secondary N) is 3. The molecule has 33 heavy (non-hydrogen) atoms. The Bertz CT molecular complexity index is 1270. The first-order chi connectivity index (χ1) is 15.5. The molecule has 0 atom stereocenters. The van der Waals surface area contributed by atoms with Gasteiger partial charge in [-0.05, 0) is 80.4 Å². The molecule has 0 saturated heterocycles. The topological polar surface area (TPSA) is 104 Å². The van der Waals surface area contributed by atoms with Gasteiger partial charge in [0.25, 0.3) is 15.9 Å². The second-order valence-electron chi connectivity index (χ2n) is 7.64. The fourth-order valence-corrected chi connectivity index (χ4v) is 4.40. The van der Waals surface area contributed by atoms with Crippen LogP contribution < -0.4 is 15.4 Å². The van der Waals surface area contributed by atoms with Crippen LogP contribution in [0.3, 0.4) is 0 Å². The minimum atomic E-state index is -3.89. The van der Waals surface area contributed by atoms with E-state index >= 15 is 0 Å². The van der Waals surface area contributed by atoms with Gasteiger partial charge in [0.15, 0.2) is 0 Å². The summed E-state index contributed by atoms with van der Waals surface area (Å²) in [5.74, 6) is -1.38. The number of carbonyl (C=O) groups is 2. The summed E-state index contributed by atoms with van der Waals surface area (Å²) in [6, 6.07) is 14.1. The SMILES string of the molecule is Cc1cc(C)c(NC(=O)CNC(=O)c2ccc(NS(=O)(=O)c3ccc(F)cc3)cc2)c(C)c1. The first kappa shape index (κ1) is 23.9. The molecule has 3 N–H and O–H groups in total. The molecule has 0 unspecified atom stereocenters. The van der Waals surface area contributed by atoms with Crippen molar-refractivity contribution in [2.75, 3.05) is 16.6 Å². The molecular formula is C24H24FN3O4S. The van der Waals surface area contributed by atoms with Crippen LogP contribution in [0.15, 0.2) is 65.6 Å². The van der Waals surface area contributed by atoms with E-state index in [4.69, 9.17) is 0 Å². The molecule has 0 spiro atoms.